The summed E-state index contributed by atoms with van der Waals surface area (Å²) >= 11 is 0. The van der Waals surface area contributed by atoms with E-state index in [1.54, 1.807) is 11.9 Å². The number of hydrogen-bond donors (Lipinski definition) is 1. The Morgan fingerprint density at radius 1 is 1.27 bits per heavy atom. The fraction of sp³-hybridized carbons (Fsp3) is 0.818. The first kappa shape index (κ1) is 13.9. The molecule has 0 heterocycles. The average molecular weight is 214 g/mol. The maximum Gasteiger partial charge on any atom is 0.220 e. The highest BCUT2D eigenvalue weighted by Crippen LogP contribution is 1.97. The van der Waals surface area contributed by atoms with Crippen LogP contribution in [0.2, 0.25) is 0 Å². The van der Waals surface area contributed by atoms with Crippen molar-refractivity contribution in [3.63, 3.8) is 0 Å². The van der Waals surface area contributed by atoms with Gasteiger partial charge in [0.25, 0.3) is 0 Å². The van der Waals surface area contributed by atoms with Crippen LogP contribution in [0.4, 0.5) is 0 Å². The van der Waals surface area contributed by atoms with Crippen LogP contribution < -0.4 is 5.32 Å². The van der Waals surface area contributed by atoms with E-state index in [0.29, 0.717) is 19.5 Å². The molecule has 0 fully saturated rings. The van der Waals surface area contributed by atoms with Gasteiger partial charge in [0.15, 0.2) is 0 Å². The van der Waals surface area contributed by atoms with Gasteiger partial charge in [0.05, 0.1) is 0 Å². The van der Waals surface area contributed by atoms with Crippen molar-refractivity contribution >= 4 is 11.8 Å². The van der Waals surface area contributed by atoms with Gasteiger partial charge in [-0.25, -0.2) is 0 Å². The molecule has 0 saturated carbocycles. The van der Waals surface area contributed by atoms with E-state index in [-0.39, 0.29) is 11.8 Å². The van der Waals surface area contributed by atoms with Crippen LogP contribution in [0, 0.1) is 0 Å². The van der Waals surface area contributed by atoms with Gasteiger partial charge < -0.3 is 10.2 Å². The number of carbonyl (C=O) groups excluding carboxylic acids is 2. The average Bonchev–Trinajstić information content (AvgIpc) is 2.18. The highest BCUT2D eigenvalue weighted by molar-refractivity contribution is 5.76. The molecule has 2 amide bonds. The normalized spacial score (nSPS) is 9.80. The lowest BCUT2D eigenvalue weighted by Crippen LogP contribution is -2.34. The van der Waals surface area contributed by atoms with Crippen LogP contribution in [-0.4, -0.2) is 36.9 Å². The summed E-state index contributed by atoms with van der Waals surface area (Å²) in [5.74, 6) is 0.107. The number of carbonyl (C=O) groups is 2. The molecule has 1 N–H and O–H groups in total. The third kappa shape index (κ3) is 7.97. The number of amides is 2. The first-order valence-electron chi connectivity index (χ1n) is 5.56. The minimum absolute atomic E-state index is 0.0234. The quantitative estimate of drug-likeness (QED) is 0.647. The van der Waals surface area contributed by atoms with Gasteiger partial charge in [-0.3, -0.25) is 9.59 Å². The van der Waals surface area contributed by atoms with Gasteiger partial charge in [-0.1, -0.05) is 19.8 Å². The molecular formula is C11H22N2O2. The molecule has 4 heteroatoms. The molecule has 0 aromatic rings. The summed E-state index contributed by atoms with van der Waals surface area (Å²) in [6.45, 7) is 4.75. The van der Waals surface area contributed by atoms with Crippen molar-refractivity contribution in [1.82, 2.24) is 10.2 Å². The number of hydrogen-bond acceptors (Lipinski definition) is 2. The monoisotopic (exact) mass is 214 g/mol. The summed E-state index contributed by atoms with van der Waals surface area (Å²) in [6.07, 6.45) is 3.77. The lowest BCUT2D eigenvalue weighted by Gasteiger charge is -2.14. The summed E-state index contributed by atoms with van der Waals surface area (Å²) in [4.78, 5) is 23.7. The lowest BCUT2D eigenvalue weighted by atomic mass is 10.2. The summed E-state index contributed by atoms with van der Waals surface area (Å²) < 4.78 is 0. The molecule has 88 valence electrons. The summed E-state index contributed by atoms with van der Waals surface area (Å²) in [5.41, 5.74) is 0. The van der Waals surface area contributed by atoms with E-state index in [4.69, 9.17) is 0 Å². The van der Waals surface area contributed by atoms with E-state index < -0.39 is 0 Å². The van der Waals surface area contributed by atoms with Crippen LogP contribution in [-0.2, 0) is 9.59 Å². The Hall–Kier alpha value is -1.06. The second-order valence-corrected chi connectivity index (χ2v) is 3.75. The number of rotatable bonds is 7. The van der Waals surface area contributed by atoms with Crippen LogP contribution in [0.3, 0.4) is 0 Å². The first-order valence-corrected chi connectivity index (χ1v) is 5.56. The largest absolute Gasteiger partial charge is 0.354 e. The highest BCUT2D eigenvalue weighted by atomic mass is 16.2. The predicted molar refractivity (Wildman–Crippen MR) is 60.5 cm³/mol. The zero-order valence-corrected chi connectivity index (χ0v) is 10.0. The minimum Gasteiger partial charge on any atom is -0.354 e. The van der Waals surface area contributed by atoms with Crippen molar-refractivity contribution in [1.29, 1.82) is 0 Å². The SMILES string of the molecule is CCCCCC(=O)NCCN(C)C(C)=O. The smallest absolute Gasteiger partial charge is 0.220 e. The van der Waals surface area contributed by atoms with Gasteiger partial charge in [0.2, 0.25) is 11.8 Å². The minimum atomic E-state index is 0.0234. The Kier molecular flexibility index (Phi) is 7.68. The van der Waals surface area contributed by atoms with E-state index in [2.05, 4.69) is 12.2 Å². The number of nitrogens with one attached hydrogen (secondary N) is 1. The Morgan fingerprint density at radius 3 is 2.47 bits per heavy atom. The third-order valence-electron chi connectivity index (χ3n) is 2.31. The Labute approximate surface area is 92.0 Å². The molecule has 0 aromatic carbocycles. The summed E-state index contributed by atoms with van der Waals surface area (Å²) in [5, 5.41) is 2.79. The highest BCUT2D eigenvalue weighted by Gasteiger charge is 2.03. The molecule has 0 aromatic heterocycles. The first-order chi connectivity index (χ1) is 7.07. The van der Waals surface area contributed by atoms with Gasteiger partial charge in [0, 0.05) is 33.5 Å². The molecular weight excluding hydrogens is 192 g/mol. The van der Waals surface area contributed by atoms with Crippen LogP contribution in [0.5, 0.6) is 0 Å². The maximum atomic E-state index is 11.3. The number of likely N-dealkylation sites (N-methyl/N-ethyl adjacent to an activating group) is 1. The van der Waals surface area contributed by atoms with E-state index in [1.807, 2.05) is 0 Å². The van der Waals surface area contributed by atoms with Gasteiger partial charge in [-0.2, -0.15) is 0 Å². The van der Waals surface area contributed by atoms with E-state index in [9.17, 15) is 9.59 Å². The molecule has 0 rings (SSSR count). The topological polar surface area (TPSA) is 49.4 Å². The van der Waals surface area contributed by atoms with Crippen molar-refractivity contribution in [3.8, 4) is 0 Å². The van der Waals surface area contributed by atoms with E-state index in [1.165, 1.54) is 6.92 Å². The molecule has 0 unspecified atom stereocenters. The van der Waals surface area contributed by atoms with E-state index in [0.717, 1.165) is 19.3 Å². The van der Waals surface area contributed by atoms with Crippen molar-refractivity contribution in [2.75, 3.05) is 20.1 Å². The van der Waals surface area contributed by atoms with Crippen LogP contribution >= 0.6 is 0 Å². The molecule has 15 heavy (non-hydrogen) atoms. The van der Waals surface area contributed by atoms with Gasteiger partial charge in [-0.15, -0.1) is 0 Å². The second kappa shape index (κ2) is 8.26. The van der Waals surface area contributed by atoms with Crippen molar-refractivity contribution < 1.29 is 9.59 Å². The maximum absolute atomic E-state index is 11.3. The van der Waals surface area contributed by atoms with Crippen molar-refractivity contribution in [2.45, 2.75) is 39.5 Å². The fourth-order valence-electron chi connectivity index (χ4n) is 1.14. The Morgan fingerprint density at radius 2 is 1.93 bits per heavy atom. The molecule has 0 saturated heterocycles. The Bertz CT molecular complexity index is 205. The molecule has 0 aliphatic carbocycles. The standard InChI is InChI=1S/C11H22N2O2/c1-4-5-6-7-11(15)12-8-9-13(3)10(2)14/h4-9H2,1-3H3,(H,12,15). The van der Waals surface area contributed by atoms with Gasteiger partial charge in [0.1, 0.15) is 0 Å². The molecule has 0 aliphatic heterocycles. The molecule has 0 bridgehead atoms. The van der Waals surface area contributed by atoms with Crippen LogP contribution in [0.25, 0.3) is 0 Å². The van der Waals surface area contributed by atoms with Crippen LogP contribution in [0.15, 0.2) is 0 Å². The molecule has 0 radical (unpaired) electrons. The zero-order valence-electron chi connectivity index (χ0n) is 10.0. The Balaban J connectivity index is 3.42. The zero-order chi connectivity index (χ0) is 11.7. The molecule has 0 aliphatic rings. The number of nitrogens with zero attached hydrogens (tertiary/aromatic N) is 1. The second-order valence-electron chi connectivity index (χ2n) is 3.75. The molecule has 4 nitrogen and oxygen atoms in total. The molecule has 0 spiro atoms. The van der Waals surface area contributed by atoms with Crippen molar-refractivity contribution in [3.05, 3.63) is 0 Å². The van der Waals surface area contributed by atoms with Gasteiger partial charge >= 0.3 is 0 Å². The van der Waals surface area contributed by atoms with Crippen LogP contribution in [0.1, 0.15) is 39.5 Å². The number of unbranched alkanes of at least 4 members (excludes halogenated alkanes) is 2. The van der Waals surface area contributed by atoms with Crippen molar-refractivity contribution in [2.24, 2.45) is 0 Å². The predicted octanol–water partition coefficient (Wildman–Crippen LogP) is 1.16. The lowest BCUT2D eigenvalue weighted by molar-refractivity contribution is -0.128. The summed E-state index contributed by atoms with van der Waals surface area (Å²) in [7, 11) is 1.73. The molecule has 0 atom stereocenters. The third-order valence-corrected chi connectivity index (χ3v) is 2.31. The van der Waals surface area contributed by atoms with E-state index >= 15 is 0 Å². The fourth-order valence-corrected chi connectivity index (χ4v) is 1.14. The summed E-state index contributed by atoms with van der Waals surface area (Å²) in [6, 6.07) is 0. The van der Waals surface area contributed by atoms with Gasteiger partial charge in [-0.05, 0) is 6.42 Å².